The van der Waals surface area contributed by atoms with Crippen molar-refractivity contribution in [3.8, 4) is 6.07 Å². The first kappa shape index (κ1) is 22.6. The number of aromatic nitrogens is 3. The highest BCUT2D eigenvalue weighted by Gasteiger charge is 2.27. The molecule has 4 aromatic rings. The summed E-state index contributed by atoms with van der Waals surface area (Å²) in [7, 11) is 0. The average Bonchev–Trinajstić information content (AvgIpc) is 3.45. The van der Waals surface area contributed by atoms with Gasteiger partial charge in [0.2, 0.25) is 11.7 Å². The number of hydrogen-bond acceptors (Lipinski definition) is 7. The highest BCUT2D eigenvalue weighted by molar-refractivity contribution is 6.10. The van der Waals surface area contributed by atoms with Gasteiger partial charge in [0, 0.05) is 36.3 Å². The molecule has 1 fully saturated rings. The molecular formula is C25H24N6O4. The number of carbonyl (C=O) groups is 2. The molecule has 0 bridgehead atoms. The number of furan rings is 1. The van der Waals surface area contributed by atoms with Crippen molar-refractivity contribution in [3.05, 3.63) is 58.7 Å². The number of ether oxygens (including phenoxy) is 1. The van der Waals surface area contributed by atoms with Gasteiger partial charge in [-0.15, -0.1) is 0 Å². The summed E-state index contributed by atoms with van der Waals surface area (Å²) in [5.41, 5.74) is 4.30. The zero-order valence-electron chi connectivity index (χ0n) is 19.5. The van der Waals surface area contributed by atoms with E-state index in [4.69, 9.17) is 9.15 Å². The minimum Gasteiger partial charge on any atom is -0.449 e. The monoisotopic (exact) mass is 472 g/mol. The topological polar surface area (TPSA) is 126 Å². The number of anilines is 1. The summed E-state index contributed by atoms with van der Waals surface area (Å²) in [6, 6.07) is 9.35. The summed E-state index contributed by atoms with van der Waals surface area (Å²) in [4.78, 5) is 32.4. The number of nitriles is 1. The van der Waals surface area contributed by atoms with Crippen LogP contribution in [0.3, 0.4) is 0 Å². The number of carbonyl (C=O) groups excluding carboxylic acids is 2. The van der Waals surface area contributed by atoms with Crippen molar-refractivity contribution in [3.63, 3.8) is 0 Å². The third-order valence-corrected chi connectivity index (χ3v) is 6.28. The molecule has 10 heteroatoms. The van der Waals surface area contributed by atoms with Crippen molar-refractivity contribution in [1.82, 2.24) is 19.5 Å². The number of fused-ring (bicyclic) bond motifs is 2. The second kappa shape index (κ2) is 9.19. The lowest BCUT2D eigenvalue weighted by molar-refractivity contribution is -0.116. The molecule has 4 heterocycles. The van der Waals surface area contributed by atoms with Gasteiger partial charge in [-0.3, -0.25) is 9.59 Å². The number of nitrogens with zero attached hydrogens (tertiary/aromatic N) is 5. The fourth-order valence-corrected chi connectivity index (χ4v) is 4.42. The number of morpholine rings is 1. The number of rotatable bonds is 5. The maximum atomic E-state index is 13.2. The van der Waals surface area contributed by atoms with Crippen LogP contribution >= 0.6 is 0 Å². The van der Waals surface area contributed by atoms with E-state index in [1.165, 1.54) is 6.20 Å². The van der Waals surface area contributed by atoms with Crippen LogP contribution in [0.2, 0.25) is 0 Å². The van der Waals surface area contributed by atoms with Gasteiger partial charge < -0.3 is 19.4 Å². The van der Waals surface area contributed by atoms with E-state index in [-0.39, 0.29) is 24.0 Å². The van der Waals surface area contributed by atoms with Crippen LogP contribution < -0.4 is 5.32 Å². The summed E-state index contributed by atoms with van der Waals surface area (Å²) >= 11 is 0. The molecule has 0 atom stereocenters. The number of benzene rings is 1. The molecule has 0 unspecified atom stereocenters. The number of amides is 2. The van der Waals surface area contributed by atoms with Gasteiger partial charge in [-0.05, 0) is 38.0 Å². The van der Waals surface area contributed by atoms with Crippen LogP contribution in [-0.2, 0) is 16.0 Å². The van der Waals surface area contributed by atoms with Crippen LogP contribution in [-0.4, -0.2) is 57.6 Å². The Morgan fingerprint density at radius 3 is 2.74 bits per heavy atom. The normalized spacial score (nSPS) is 13.8. The predicted molar refractivity (Wildman–Crippen MR) is 127 cm³/mol. The summed E-state index contributed by atoms with van der Waals surface area (Å²) in [5, 5.41) is 17.1. The largest absolute Gasteiger partial charge is 0.449 e. The molecule has 0 radical (unpaired) electrons. The van der Waals surface area contributed by atoms with Crippen LogP contribution in [0, 0.1) is 25.2 Å². The number of nitrogens with one attached hydrogen (secondary N) is 1. The molecule has 1 aromatic carbocycles. The van der Waals surface area contributed by atoms with E-state index >= 15 is 0 Å². The first-order valence-electron chi connectivity index (χ1n) is 11.4. The minimum absolute atomic E-state index is 0.123. The fourth-order valence-electron chi connectivity index (χ4n) is 4.42. The highest BCUT2D eigenvalue weighted by atomic mass is 16.5. The van der Waals surface area contributed by atoms with E-state index in [1.54, 1.807) is 15.5 Å². The maximum absolute atomic E-state index is 13.2. The fraction of sp³-hybridized carbons (Fsp3) is 0.320. The third kappa shape index (κ3) is 4.11. The first-order chi connectivity index (χ1) is 17.0. The van der Waals surface area contributed by atoms with E-state index in [0.29, 0.717) is 60.6 Å². The van der Waals surface area contributed by atoms with Gasteiger partial charge in [0.25, 0.3) is 5.91 Å². The summed E-state index contributed by atoms with van der Waals surface area (Å²) in [6.07, 6.45) is 2.09. The van der Waals surface area contributed by atoms with Crippen LogP contribution in [0.5, 0.6) is 0 Å². The number of aryl methyl sites for hydroxylation is 2. The quantitative estimate of drug-likeness (QED) is 0.473. The van der Waals surface area contributed by atoms with Gasteiger partial charge >= 0.3 is 0 Å². The molecule has 5 rings (SSSR count). The molecule has 2 amide bonds. The lowest BCUT2D eigenvalue weighted by Crippen LogP contribution is -2.40. The van der Waals surface area contributed by atoms with Crippen LogP contribution in [0.1, 0.15) is 39.5 Å². The van der Waals surface area contributed by atoms with Crippen LogP contribution in [0.25, 0.3) is 16.6 Å². The van der Waals surface area contributed by atoms with E-state index in [9.17, 15) is 14.9 Å². The molecule has 1 aliphatic heterocycles. The Morgan fingerprint density at radius 1 is 1.20 bits per heavy atom. The van der Waals surface area contributed by atoms with Crippen LogP contribution in [0.4, 0.5) is 5.69 Å². The molecule has 178 valence electrons. The average molecular weight is 473 g/mol. The number of para-hydroxylation sites is 1. The Balaban J connectivity index is 1.39. The molecule has 0 spiro atoms. The van der Waals surface area contributed by atoms with Gasteiger partial charge in [0.15, 0.2) is 5.65 Å². The Morgan fingerprint density at radius 2 is 1.97 bits per heavy atom. The van der Waals surface area contributed by atoms with E-state index in [0.717, 1.165) is 17.0 Å². The standard InChI is InChI=1S/C25H24N6O4/c1-15-18(16(2)31-24(28-15)17(13-26)14-27-31)7-8-21(32)29-22-19-5-3-4-6-20(19)35-23(22)25(33)30-9-11-34-12-10-30/h3-6,14H,7-12H2,1-2H3,(H,29,32). The van der Waals surface area contributed by atoms with Crippen LogP contribution in [0.15, 0.2) is 34.9 Å². The molecular weight excluding hydrogens is 448 g/mol. The predicted octanol–water partition coefficient (Wildman–Crippen LogP) is 3.01. The van der Waals surface area contributed by atoms with Gasteiger partial charge in [-0.2, -0.15) is 10.4 Å². The second-order valence-corrected chi connectivity index (χ2v) is 8.42. The third-order valence-electron chi connectivity index (χ3n) is 6.28. The summed E-state index contributed by atoms with van der Waals surface area (Å²) in [5.74, 6) is -0.393. The smallest absolute Gasteiger partial charge is 0.291 e. The SMILES string of the molecule is Cc1nc2c(C#N)cnn2c(C)c1CCC(=O)Nc1c(C(=O)N2CCOCC2)oc2ccccc12. The molecule has 10 nitrogen and oxygen atoms in total. The molecule has 3 aromatic heterocycles. The van der Waals surface area contributed by atoms with Gasteiger partial charge in [0.1, 0.15) is 22.9 Å². The Hall–Kier alpha value is -4.23. The Bertz CT molecular complexity index is 1490. The lowest BCUT2D eigenvalue weighted by Gasteiger charge is -2.26. The number of hydrogen-bond donors (Lipinski definition) is 1. The van der Waals surface area contributed by atoms with E-state index in [1.807, 2.05) is 32.0 Å². The van der Waals surface area contributed by atoms with Gasteiger partial charge in [-0.1, -0.05) is 12.1 Å². The molecule has 1 aliphatic rings. The zero-order chi connectivity index (χ0) is 24.5. The van der Waals surface area contributed by atoms with E-state index in [2.05, 4.69) is 21.5 Å². The first-order valence-corrected chi connectivity index (χ1v) is 11.4. The molecule has 35 heavy (non-hydrogen) atoms. The molecule has 0 saturated carbocycles. The Kier molecular flexibility index (Phi) is 5.93. The zero-order valence-corrected chi connectivity index (χ0v) is 19.5. The van der Waals surface area contributed by atoms with Crippen molar-refractivity contribution >= 4 is 34.1 Å². The highest BCUT2D eigenvalue weighted by Crippen LogP contribution is 2.32. The molecule has 1 N–H and O–H groups in total. The minimum atomic E-state index is -0.270. The van der Waals surface area contributed by atoms with Crippen molar-refractivity contribution in [1.29, 1.82) is 5.26 Å². The molecule has 0 aliphatic carbocycles. The second-order valence-electron chi connectivity index (χ2n) is 8.42. The Labute approximate surface area is 201 Å². The van der Waals surface area contributed by atoms with Crippen molar-refractivity contribution in [2.24, 2.45) is 0 Å². The van der Waals surface area contributed by atoms with Crippen molar-refractivity contribution < 1.29 is 18.7 Å². The summed E-state index contributed by atoms with van der Waals surface area (Å²) in [6.45, 7) is 5.63. The van der Waals surface area contributed by atoms with E-state index < -0.39 is 0 Å². The lowest BCUT2D eigenvalue weighted by atomic mass is 10.1. The molecule has 1 saturated heterocycles. The summed E-state index contributed by atoms with van der Waals surface area (Å²) < 4.78 is 12.9. The van der Waals surface area contributed by atoms with Gasteiger partial charge in [-0.25, -0.2) is 9.50 Å². The van der Waals surface area contributed by atoms with Gasteiger partial charge in [0.05, 0.1) is 19.4 Å². The van der Waals surface area contributed by atoms with Crippen molar-refractivity contribution in [2.75, 3.05) is 31.6 Å². The maximum Gasteiger partial charge on any atom is 0.291 e. The van der Waals surface area contributed by atoms with Crippen molar-refractivity contribution in [2.45, 2.75) is 26.7 Å².